The van der Waals surface area contributed by atoms with Crippen LogP contribution in [0.2, 0.25) is 0 Å². The zero-order valence-electron chi connectivity index (χ0n) is 13.5. The molecular formula is C16H20N4O4. The van der Waals surface area contributed by atoms with Crippen LogP contribution in [0.1, 0.15) is 24.8 Å². The number of nitrogens with one attached hydrogen (secondary N) is 1. The van der Waals surface area contributed by atoms with E-state index in [9.17, 15) is 14.9 Å². The van der Waals surface area contributed by atoms with E-state index in [1.165, 1.54) is 6.07 Å². The summed E-state index contributed by atoms with van der Waals surface area (Å²) >= 11 is 0. The Morgan fingerprint density at radius 1 is 1.50 bits per heavy atom. The molecule has 24 heavy (non-hydrogen) atoms. The lowest BCUT2D eigenvalue weighted by Gasteiger charge is -2.32. The van der Waals surface area contributed by atoms with Crippen LogP contribution in [0.25, 0.3) is 0 Å². The van der Waals surface area contributed by atoms with Crippen molar-refractivity contribution in [2.45, 2.75) is 25.3 Å². The maximum atomic E-state index is 11.9. The molecule has 0 atom stereocenters. The lowest BCUT2D eigenvalue weighted by Crippen LogP contribution is -2.42. The number of ether oxygens (including phenoxy) is 1. The summed E-state index contributed by atoms with van der Waals surface area (Å²) in [5.41, 5.74) is 0.557. The van der Waals surface area contributed by atoms with Crippen LogP contribution >= 0.6 is 0 Å². The Kier molecular flexibility index (Phi) is 6.09. The Bertz CT molecular complexity index is 648. The standard InChI is InChI=1S/C16H20N4O4/c1-24-9-6-16(21)19-7-4-13(5-8-19)18-14-3-2-12(11-17)10-15(14)20(22)23/h2-3,10,13,18H,4-9H2,1H3. The summed E-state index contributed by atoms with van der Waals surface area (Å²) in [5.74, 6) is 0.0691. The van der Waals surface area contributed by atoms with E-state index in [2.05, 4.69) is 5.32 Å². The van der Waals surface area contributed by atoms with Crippen molar-refractivity contribution in [1.29, 1.82) is 5.26 Å². The van der Waals surface area contributed by atoms with Crippen molar-refractivity contribution in [3.63, 3.8) is 0 Å². The summed E-state index contributed by atoms with van der Waals surface area (Å²) in [6.07, 6.45) is 1.81. The monoisotopic (exact) mass is 332 g/mol. The third-order valence-corrected chi connectivity index (χ3v) is 4.05. The SMILES string of the molecule is COCCC(=O)N1CCC(Nc2ccc(C#N)cc2[N+](=O)[O-])CC1. The molecule has 0 radical (unpaired) electrons. The zero-order valence-corrected chi connectivity index (χ0v) is 13.5. The number of piperidine rings is 1. The molecule has 1 saturated heterocycles. The number of anilines is 1. The molecule has 1 aliphatic heterocycles. The lowest BCUT2D eigenvalue weighted by molar-refractivity contribution is -0.384. The van der Waals surface area contributed by atoms with E-state index in [0.29, 0.717) is 31.8 Å². The largest absolute Gasteiger partial charge is 0.384 e. The molecule has 0 spiro atoms. The fraction of sp³-hybridized carbons (Fsp3) is 0.500. The first-order chi connectivity index (χ1) is 11.5. The van der Waals surface area contributed by atoms with Gasteiger partial charge in [-0.25, -0.2) is 0 Å². The summed E-state index contributed by atoms with van der Waals surface area (Å²) in [5, 5.41) is 23.2. The Morgan fingerprint density at radius 3 is 2.79 bits per heavy atom. The summed E-state index contributed by atoms with van der Waals surface area (Å²) < 4.78 is 4.91. The molecule has 8 heteroatoms. The molecule has 1 aromatic carbocycles. The molecule has 0 bridgehead atoms. The molecule has 0 aliphatic carbocycles. The first-order valence-corrected chi connectivity index (χ1v) is 7.77. The van der Waals surface area contributed by atoms with E-state index in [1.54, 1.807) is 24.1 Å². The highest BCUT2D eigenvalue weighted by molar-refractivity contribution is 5.76. The number of nitrogens with zero attached hydrogens (tertiary/aromatic N) is 3. The van der Waals surface area contributed by atoms with Crippen LogP contribution in [0.3, 0.4) is 0 Å². The molecule has 1 fully saturated rings. The number of methoxy groups -OCH3 is 1. The van der Waals surface area contributed by atoms with Crippen LogP contribution in [0, 0.1) is 21.4 Å². The highest BCUT2D eigenvalue weighted by Crippen LogP contribution is 2.27. The number of amides is 1. The minimum absolute atomic E-state index is 0.0584. The van der Waals surface area contributed by atoms with Crippen molar-refractivity contribution < 1.29 is 14.5 Å². The predicted octanol–water partition coefficient (Wildman–Crippen LogP) is 1.91. The van der Waals surface area contributed by atoms with Crippen LogP contribution in [-0.4, -0.2) is 48.6 Å². The number of rotatable bonds is 6. The molecular weight excluding hydrogens is 312 g/mol. The predicted molar refractivity (Wildman–Crippen MR) is 87.5 cm³/mol. The molecule has 0 aromatic heterocycles. The van der Waals surface area contributed by atoms with Crippen LogP contribution < -0.4 is 5.32 Å². The van der Waals surface area contributed by atoms with Gasteiger partial charge in [-0.15, -0.1) is 0 Å². The van der Waals surface area contributed by atoms with Crippen LogP contribution in [-0.2, 0) is 9.53 Å². The van der Waals surface area contributed by atoms with Gasteiger partial charge in [0.15, 0.2) is 0 Å². The molecule has 1 N–H and O–H groups in total. The van der Waals surface area contributed by atoms with E-state index in [0.717, 1.165) is 12.8 Å². The van der Waals surface area contributed by atoms with E-state index in [1.807, 2.05) is 6.07 Å². The molecule has 0 unspecified atom stereocenters. The van der Waals surface area contributed by atoms with Gasteiger partial charge in [0.05, 0.1) is 29.6 Å². The summed E-state index contributed by atoms with van der Waals surface area (Å²) in [7, 11) is 1.56. The van der Waals surface area contributed by atoms with Gasteiger partial charge < -0.3 is 15.0 Å². The molecule has 1 aromatic rings. The molecule has 128 valence electrons. The van der Waals surface area contributed by atoms with E-state index >= 15 is 0 Å². The number of hydrogen-bond acceptors (Lipinski definition) is 6. The fourth-order valence-electron chi connectivity index (χ4n) is 2.71. The van der Waals surface area contributed by atoms with Gasteiger partial charge in [0, 0.05) is 32.3 Å². The van der Waals surface area contributed by atoms with Crippen LogP contribution in [0.15, 0.2) is 18.2 Å². The highest BCUT2D eigenvalue weighted by Gasteiger charge is 2.24. The van der Waals surface area contributed by atoms with Crippen molar-refractivity contribution in [2.24, 2.45) is 0 Å². The quantitative estimate of drug-likeness (QED) is 0.629. The van der Waals surface area contributed by atoms with Gasteiger partial charge in [-0.05, 0) is 25.0 Å². The van der Waals surface area contributed by atoms with Crippen molar-refractivity contribution >= 4 is 17.3 Å². The third kappa shape index (κ3) is 4.43. The number of likely N-dealkylation sites (tertiary alicyclic amines) is 1. The second-order valence-electron chi connectivity index (χ2n) is 5.64. The summed E-state index contributed by atoms with van der Waals surface area (Å²) in [6.45, 7) is 1.64. The second kappa shape index (κ2) is 8.26. The first-order valence-electron chi connectivity index (χ1n) is 7.77. The van der Waals surface area contributed by atoms with Gasteiger partial charge in [0.2, 0.25) is 5.91 Å². The average Bonchev–Trinajstić information content (AvgIpc) is 2.60. The summed E-state index contributed by atoms with van der Waals surface area (Å²) in [4.78, 5) is 24.4. The minimum Gasteiger partial charge on any atom is -0.384 e. The van der Waals surface area contributed by atoms with Crippen molar-refractivity contribution in [3.8, 4) is 6.07 Å². The Labute approximate surface area is 140 Å². The number of hydrogen-bond donors (Lipinski definition) is 1. The molecule has 2 rings (SSSR count). The number of nitro groups is 1. The minimum atomic E-state index is -0.493. The number of nitriles is 1. The van der Waals surface area contributed by atoms with Crippen molar-refractivity contribution in [1.82, 2.24) is 4.90 Å². The Morgan fingerprint density at radius 2 is 2.21 bits per heavy atom. The van der Waals surface area contributed by atoms with Gasteiger partial charge in [0.1, 0.15) is 5.69 Å². The fourth-order valence-corrected chi connectivity index (χ4v) is 2.71. The van der Waals surface area contributed by atoms with Gasteiger partial charge in [-0.1, -0.05) is 0 Å². The second-order valence-corrected chi connectivity index (χ2v) is 5.64. The van der Waals surface area contributed by atoms with Gasteiger partial charge in [-0.3, -0.25) is 14.9 Å². The zero-order chi connectivity index (χ0) is 17.5. The molecule has 0 saturated carbocycles. The van der Waals surface area contributed by atoms with Gasteiger partial charge in [-0.2, -0.15) is 5.26 Å². The molecule has 8 nitrogen and oxygen atoms in total. The average molecular weight is 332 g/mol. The molecule has 1 aliphatic rings. The number of carbonyl (C=O) groups is 1. The van der Waals surface area contributed by atoms with Crippen LogP contribution in [0.5, 0.6) is 0 Å². The van der Waals surface area contributed by atoms with E-state index in [4.69, 9.17) is 10.00 Å². The lowest BCUT2D eigenvalue weighted by atomic mass is 10.0. The third-order valence-electron chi connectivity index (χ3n) is 4.05. The first kappa shape index (κ1) is 17.7. The van der Waals surface area contributed by atoms with Gasteiger partial charge >= 0.3 is 0 Å². The van der Waals surface area contributed by atoms with Gasteiger partial charge in [0.25, 0.3) is 5.69 Å². The van der Waals surface area contributed by atoms with Crippen molar-refractivity contribution in [3.05, 3.63) is 33.9 Å². The molecule has 1 heterocycles. The van der Waals surface area contributed by atoms with E-state index < -0.39 is 4.92 Å². The van der Waals surface area contributed by atoms with Crippen LogP contribution in [0.4, 0.5) is 11.4 Å². The topological polar surface area (TPSA) is 108 Å². The highest BCUT2D eigenvalue weighted by atomic mass is 16.6. The molecule has 1 amide bonds. The smallest absolute Gasteiger partial charge is 0.293 e. The Hall–Kier alpha value is -2.66. The maximum absolute atomic E-state index is 11.9. The summed E-state index contributed by atoms with van der Waals surface area (Å²) in [6, 6.07) is 6.35. The number of carbonyl (C=O) groups excluding carboxylic acids is 1. The van der Waals surface area contributed by atoms with E-state index in [-0.39, 0.29) is 23.2 Å². The number of benzene rings is 1. The normalized spacial score (nSPS) is 14.9. The number of nitro benzene ring substituents is 1. The Balaban J connectivity index is 1.96. The van der Waals surface area contributed by atoms with Crippen molar-refractivity contribution in [2.75, 3.05) is 32.1 Å². The maximum Gasteiger partial charge on any atom is 0.293 e.